The van der Waals surface area contributed by atoms with Gasteiger partial charge in [0.2, 0.25) is 0 Å². The van der Waals surface area contributed by atoms with Gasteiger partial charge in [0.25, 0.3) is 0 Å². The predicted molar refractivity (Wildman–Crippen MR) is 74.2 cm³/mol. The lowest BCUT2D eigenvalue weighted by atomic mass is 10.1. The Morgan fingerprint density at radius 3 is 2.44 bits per heavy atom. The van der Waals surface area contributed by atoms with Gasteiger partial charge in [-0.1, -0.05) is 0 Å². The first-order valence-electron chi connectivity index (χ1n) is 5.44. The molecule has 3 aromatic rings. The van der Waals surface area contributed by atoms with Crippen molar-refractivity contribution in [2.75, 3.05) is 17.2 Å². The maximum atomic E-state index is 9.50. The molecule has 0 saturated heterocycles. The van der Waals surface area contributed by atoms with Crippen LogP contribution in [0.1, 0.15) is 0 Å². The molecule has 0 aliphatic carbocycles. The number of nitrogen functional groups attached to an aromatic ring is 3. The monoisotopic (exact) mass is 240 g/mol. The molecular weight excluding hydrogens is 228 g/mol. The summed E-state index contributed by atoms with van der Waals surface area (Å²) in [5.41, 5.74) is 20.5. The minimum Gasteiger partial charge on any atom is -0.508 e. The first kappa shape index (κ1) is 10.5. The van der Waals surface area contributed by atoms with Crippen LogP contribution in [-0.2, 0) is 0 Å². The van der Waals surface area contributed by atoms with E-state index in [4.69, 9.17) is 17.2 Å². The SMILES string of the molecule is Nc1ccc2c(N)c3cc(O)ccc3nc2c1N. The van der Waals surface area contributed by atoms with Crippen LogP contribution in [0, 0.1) is 0 Å². The summed E-state index contributed by atoms with van der Waals surface area (Å²) >= 11 is 0. The molecule has 1 heterocycles. The highest BCUT2D eigenvalue weighted by atomic mass is 16.3. The second kappa shape index (κ2) is 3.40. The zero-order valence-electron chi connectivity index (χ0n) is 9.51. The number of hydrogen-bond acceptors (Lipinski definition) is 5. The van der Waals surface area contributed by atoms with E-state index in [0.717, 1.165) is 5.39 Å². The summed E-state index contributed by atoms with van der Waals surface area (Å²) in [5, 5.41) is 10.9. The van der Waals surface area contributed by atoms with Gasteiger partial charge in [-0.15, -0.1) is 0 Å². The molecule has 3 rings (SSSR count). The lowest BCUT2D eigenvalue weighted by Gasteiger charge is -2.10. The number of nitrogens with zero attached hydrogens (tertiary/aromatic N) is 1. The highest BCUT2D eigenvalue weighted by Gasteiger charge is 2.10. The first-order chi connectivity index (χ1) is 8.58. The van der Waals surface area contributed by atoms with Crippen molar-refractivity contribution < 1.29 is 5.11 Å². The van der Waals surface area contributed by atoms with E-state index in [1.54, 1.807) is 30.3 Å². The third-order valence-electron chi connectivity index (χ3n) is 3.04. The van der Waals surface area contributed by atoms with Crippen molar-refractivity contribution in [1.82, 2.24) is 4.98 Å². The molecule has 0 bridgehead atoms. The maximum Gasteiger partial charge on any atom is 0.116 e. The Morgan fingerprint density at radius 1 is 0.889 bits per heavy atom. The smallest absolute Gasteiger partial charge is 0.116 e. The maximum absolute atomic E-state index is 9.50. The summed E-state index contributed by atoms with van der Waals surface area (Å²) in [7, 11) is 0. The van der Waals surface area contributed by atoms with Crippen molar-refractivity contribution in [1.29, 1.82) is 0 Å². The Hall–Kier alpha value is -2.69. The Morgan fingerprint density at radius 2 is 1.67 bits per heavy atom. The van der Waals surface area contributed by atoms with Crippen molar-refractivity contribution in [2.45, 2.75) is 0 Å². The molecular formula is C13H12N4O. The van der Waals surface area contributed by atoms with Crippen LogP contribution in [0.4, 0.5) is 17.1 Å². The molecule has 0 unspecified atom stereocenters. The molecule has 0 saturated carbocycles. The van der Waals surface area contributed by atoms with Gasteiger partial charge in [0, 0.05) is 10.8 Å². The fraction of sp³-hybridized carbons (Fsp3) is 0. The quantitative estimate of drug-likeness (QED) is 0.354. The largest absolute Gasteiger partial charge is 0.508 e. The van der Waals surface area contributed by atoms with Gasteiger partial charge in [0.15, 0.2) is 0 Å². The fourth-order valence-corrected chi connectivity index (χ4v) is 2.06. The third-order valence-corrected chi connectivity index (χ3v) is 3.04. The van der Waals surface area contributed by atoms with Crippen LogP contribution in [0.15, 0.2) is 30.3 Å². The predicted octanol–water partition coefficient (Wildman–Crippen LogP) is 1.84. The molecule has 5 nitrogen and oxygen atoms in total. The Kier molecular flexibility index (Phi) is 1.98. The van der Waals surface area contributed by atoms with Crippen molar-refractivity contribution >= 4 is 38.9 Å². The van der Waals surface area contributed by atoms with Crippen LogP contribution < -0.4 is 17.2 Å². The highest BCUT2D eigenvalue weighted by molar-refractivity contribution is 6.11. The van der Waals surface area contributed by atoms with Crippen molar-refractivity contribution in [2.24, 2.45) is 0 Å². The van der Waals surface area contributed by atoms with E-state index in [1.165, 1.54) is 0 Å². The highest BCUT2D eigenvalue weighted by Crippen LogP contribution is 2.34. The molecule has 0 aliphatic heterocycles. The zero-order valence-corrected chi connectivity index (χ0v) is 9.51. The van der Waals surface area contributed by atoms with Gasteiger partial charge in [0.1, 0.15) is 5.75 Å². The van der Waals surface area contributed by atoms with Crippen molar-refractivity contribution in [3.05, 3.63) is 30.3 Å². The molecule has 0 spiro atoms. The summed E-state index contributed by atoms with van der Waals surface area (Å²) in [6.07, 6.45) is 0. The first-order valence-corrected chi connectivity index (χ1v) is 5.44. The zero-order chi connectivity index (χ0) is 12.9. The Labute approximate surface area is 103 Å². The van der Waals surface area contributed by atoms with Crippen LogP contribution in [0.3, 0.4) is 0 Å². The number of nitrogens with two attached hydrogens (primary N) is 3. The third kappa shape index (κ3) is 1.31. The molecule has 90 valence electrons. The van der Waals surface area contributed by atoms with E-state index in [1.807, 2.05) is 0 Å². The second-order valence-electron chi connectivity index (χ2n) is 4.19. The number of aromatic nitrogens is 1. The van der Waals surface area contributed by atoms with Crippen LogP contribution in [-0.4, -0.2) is 10.1 Å². The van der Waals surface area contributed by atoms with Crippen LogP contribution in [0.25, 0.3) is 21.8 Å². The average molecular weight is 240 g/mol. The number of rotatable bonds is 0. The van der Waals surface area contributed by atoms with Crippen molar-refractivity contribution in [3.8, 4) is 5.75 Å². The van der Waals surface area contributed by atoms with Gasteiger partial charge < -0.3 is 22.3 Å². The van der Waals surface area contributed by atoms with Gasteiger partial charge in [-0.25, -0.2) is 4.98 Å². The number of phenols is 1. The summed E-state index contributed by atoms with van der Waals surface area (Å²) < 4.78 is 0. The van der Waals surface area contributed by atoms with Gasteiger partial charge in [0.05, 0.1) is 28.1 Å². The molecule has 18 heavy (non-hydrogen) atoms. The topological polar surface area (TPSA) is 111 Å². The van der Waals surface area contributed by atoms with E-state index in [9.17, 15) is 5.11 Å². The van der Waals surface area contributed by atoms with E-state index in [-0.39, 0.29) is 5.75 Å². The van der Waals surface area contributed by atoms with Gasteiger partial charge in [-0.2, -0.15) is 0 Å². The number of phenolic OH excluding ortho intramolecular Hbond substituents is 1. The van der Waals surface area contributed by atoms with Crippen LogP contribution in [0.2, 0.25) is 0 Å². The minimum absolute atomic E-state index is 0.152. The molecule has 1 aromatic heterocycles. The normalized spacial score (nSPS) is 11.1. The summed E-state index contributed by atoms with van der Waals surface area (Å²) in [6, 6.07) is 8.33. The number of pyridine rings is 1. The molecule has 0 radical (unpaired) electrons. The van der Waals surface area contributed by atoms with Gasteiger partial charge in [-0.3, -0.25) is 0 Å². The number of hydrogen-bond donors (Lipinski definition) is 4. The number of aromatic hydroxyl groups is 1. The van der Waals surface area contributed by atoms with Gasteiger partial charge >= 0.3 is 0 Å². The van der Waals surface area contributed by atoms with Crippen LogP contribution >= 0.6 is 0 Å². The molecule has 0 amide bonds. The lowest BCUT2D eigenvalue weighted by molar-refractivity contribution is 0.476. The molecule has 2 aromatic carbocycles. The number of anilines is 3. The summed E-state index contributed by atoms with van der Waals surface area (Å²) in [6.45, 7) is 0. The fourth-order valence-electron chi connectivity index (χ4n) is 2.06. The number of benzene rings is 2. The lowest BCUT2D eigenvalue weighted by Crippen LogP contribution is -1.99. The summed E-state index contributed by atoms with van der Waals surface area (Å²) in [4.78, 5) is 4.44. The second-order valence-corrected chi connectivity index (χ2v) is 4.19. The standard InChI is InChI=1S/C13H12N4O/c14-9-3-2-7-11(15)8-5-6(18)1-4-10(8)17-13(7)12(9)16/h1-5,18H,14,16H2,(H2,15,17). The molecule has 7 N–H and O–H groups in total. The summed E-state index contributed by atoms with van der Waals surface area (Å²) in [5.74, 6) is 0.152. The van der Waals surface area contributed by atoms with E-state index >= 15 is 0 Å². The Bertz CT molecular complexity index is 783. The van der Waals surface area contributed by atoms with Crippen molar-refractivity contribution in [3.63, 3.8) is 0 Å². The van der Waals surface area contributed by atoms with E-state index in [0.29, 0.717) is 33.5 Å². The van der Waals surface area contributed by atoms with Gasteiger partial charge in [-0.05, 0) is 30.3 Å². The van der Waals surface area contributed by atoms with E-state index < -0.39 is 0 Å². The average Bonchev–Trinajstić information content (AvgIpc) is 2.36. The molecule has 0 fully saturated rings. The molecule has 0 aliphatic rings. The minimum atomic E-state index is 0.152. The van der Waals surface area contributed by atoms with E-state index in [2.05, 4.69) is 4.98 Å². The molecule has 5 heteroatoms. The molecule has 0 atom stereocenters. The number of fused-ring (bicyclic) bond motifs is 2. The Balaban J connectivity index is 2.56. The van der Waals surface area contributed by atoms with Crippen LogP contribution in [0.5, 0.6) is 5.75 Å².